The number of aryl methyl sites for hydroxylation is 1. The highest BCUT2D eigenvalue weighted by atomic mass is 15.1. The van der Waals surface area contributed by atoms with E-state index in [-0.39, 0.29) is 0 Å². The zero-order valence-electron chi connectivity index (χ0n) is 12.5. The van der Waals surface area contributed by atoms with Gasteiger partial charge in [0.2, 0.25) is 0 Å². The average Bonchev–Trinajstić information content (AvgIpc) is 2.70. The van der Waals surface area contributed by atoms with Gasteiger partial charge in [-0.2, -0.15) is 0 Å². The second kappa shape index (κ2) is 7.66. The van der Waals surface area contributed by atoms with Crippen LogP contribution < -0.4 is 5.32 Å². The molecule has 1 aliphatic rings. The lowest BCUT2D eigenvalue weighted by Gasteiger charge is -2.19. The fourth-order valence-corrected chi connectivity index (χ4v) is 3.01. The molecule has 0 aliphatic carbocycles. The van der Waals surface area contributed by atoms with E-state index in [4.69, 9.17) is 0 Å². The van der Waals surface area contributed by atoms with Crippen LogP contribution >= 0.6 is 0 Å². The Morgan fingerprint density at radius 3 is 2.63 bits per heavy atom. The predicted octanol–water partition coefficient (Wildman–Crippen LogP) is 3.21. The lowest BCUT2D eigenvalue weighted by molar-refractivity contribution is 0.297. The first-order valence-corrected chi connectivity index (χ1v) is 7.86. The van der Waals surface area contributed by atoms with Gasteiger partial charge in [-0.1, -0.05) is 38.1 Å². The van der Waals surface area contributed by atoms with Crippen molar-refractivity contribution in [2.45, 2.75) is 52.1 Å². The van der Waals surface area contributed by atoms with Gasteiger partial charge in [-0.25, -0.2) is 0 Å². The molecule has 0 aromatic heterocycles. The molecule has 1 aromatic rings. The predicted molar refractivity (Wildman–Crippen MR) is 82.4 cm³/mol. The van der Waals surface area contributed by atoms with E-state index >= 15 is 0 Å². The van der Waals surface area contributed by atoms with Crippen LogP contribution in [0.4, 0.5) is 0 Å². The van der Waals surface area contributed by atoms with Gasteiger partial charge in [0, 0.05) is 12.6 Å². The smallest absolute Gasteiger partial charge is 0.0210 e. The number of benzene rings is 1. The van der Waals surface area contributed by atoms with Gasteiger partial charge < -0.3 is 10.2 Å². The molecule has 0 saturated carbocycles. The largest absolute Gasteiger partial charge is 0.310 e. The van der Waals surface area contributed by atoms with Crippen LogP contribution in [0.15, 0.2) is 24.3 Å². The lowest BCUT2D eigenvalue weighted by Crippen LogP contribution is -2.30. The van der Waals surface area contributed by atoms with Crippen molar-refractivity contribution >= 4 is 0 Å². The molecule has 0 bridgehead atoms. The van der Waals surface area contributed by atoms with Crippen molar-refractivity contribution in [1.82, 2.24) is 10.2 Å². The molecular formula is C17H28N2. The van der Waals surface area contributed by atoms with E-state index in [2.05, 4.69) is 48.3 Å². The van der Waals surface area contributed by atoms with E-state index < -0.39 is 0 Å². The van der Waals surface area contributed by atoms with E-state index in [1.165, 1.54) is 50.0 Å². The molecule has 1 fully saturated rings. The van der Waals surface area contributed by atoms with Crippen molar-refractivity contribution in [3.8, 4) is 0 Å². The van der Waals surface area contributed by atoms with Crippen LogP contribution in [0, 0.1) is 0 Å². The third-order valence-electron chi connectivity index (χ3n) is 4.35. The number of rotatable bonds is 5. The standard InChI is InChI=1S/C17H28N2/c1-3-15-8-5-6-9-16(15)14-18-17-10-7-12-19(4-2)13-11-17/h5-6,8-9,17-18H,3-4,7,10-14H2,1-2H3. The third kappa shape index (κ3) is 4.32. The molecule has 1 N–H and O–H groups in total. The maximum Gasteiger partial charge on any atom is 0.0210 e. The summed E-state index contributed by atoms with van der Waals surface area (Å²) in [6, 6.07) is 9.51. The minimum atomic E-state index is 0.696. The van der Waals surface area contributed by atoms with Crippen LogP contribution in [0.2, 0.25) is 0 Å². The normalized spacial score (nSPS) is 21.3. The van der Waals surface area contributed by atoms with E-state index in [1.54, 1.807) is 0 Å². The van der Waals surface area contributed by atoms with Crippen LogP contribution in [-0.2, 0) is 13.0 Å². The first-order valence-electron chi connectivity index (χ1n) is 7.86. The van der Waals surface area contributed by atoms with E-state index in [0.29, 0.717) is 6.04 Å². The van der Waals surface area contributed by atoms with Crippen molar-refractivity contribution in [3.05, 3.63) is 35.4 Å². The summed E-state index contributed by atoms with van der Waals surface area (Å²) >= 11 is 0. The molecule has 1 heterocycles. The second-order valence-corrected chi connectivity index (χ2v) is 5.57. The van der Waals surface area contributed by atoms with Crippen LogP contribution in [-0.4, -0.2) is 30.6 Å². The van der Waals surface area contributed by atoms with Gasteiger partial charge in [0.1, 0.15) is 0 Å². The fraction of sp³-hybridized carbons (Fsp3) is 0.647. The van der Waals surface area contributed by atoms with Gasteiger partial charge in [-0.15, -0.1) is 0 Å². The number of nitrogens with one attached hydrogen (secondary N) is 1. The van der Waals surface area contributed by atoms with Gasteiger partial charge in [0.05, 0.1) is 0 Å². The van der Waals surface area contributed by atoms with Crippen LogP contribution in [0.25, 0.3) is 0 Å². The molecule has 1 aliphatic heterocycles. The SMILES string of the molecule is CCc1ccccc1CNC1CCCN(CC)CC1. The summed E-state index contributed by atoms with van der Waals surface area (Å²) < 4.78 is 0. The summed E-state index contributed by atoms with van der Waals surface area (Å²) in [4.78, 5) is 2.57. The zero-order chi connectivity index (χ0) is 13.5. The zero-order valence-corrected chi connectivity index (χ0v) is 12.5. The van der Waals surface area contributed by atoms with Gasteiger partial charge in [0.15, 0.2) is 0 Å². The molecule has 2 nitrogen and oxygen atoms in total. The van der Waals surface area contributed by atoms with E-state index in [1.807, 2.05) is 0 Å². The second-order valence-electron chi connectivity index (χ2n) is 5.57. The molecule has 1 saturated heterocycles. The Labute approximate surface area is 118 Å². The Morgan fingerprint density at radius 1 is 1.11 bits per heavy atom. The number of nitrogens with zero attached hydrogens (tertiary/aromatic N) is 1. The number of hydrogen-bond donors (Lipinski definition) is 1. The highest BCUT2D eigenvalue weighted by Crippen LogP contribution is 2.13. The Morgan fingerprint density at radius 2 is 1.89 bits per heavy atom. The average molecular weight is 260 g/mol. The lowest BCUT2D eigenvalue weighted by atomic mass is 10.0. The van der Waals surface area contributed by atoms with E-state index in [9.17, 15) is 0 Å². The van der Waals surface area contributed by atoms with Crippen molar-refractivity contribution in [2.24, 2.45) is 0 Å². The quantitative estimate of drug-likeness (QED) is 0.874. The Bertz CT molecular complexity index is 375. The molecular weight excluding hydrogens is 232 g/mol. The first kappa shape index (κ1) is 14.5. The highest BCUT2D eigenvalue weighted by Gasteiger charge is 2.15. The summed E-state index contributed by atoms with van der Waals surface area (Å²) in [5, 5.41) is 3.77. The van der Waals surface area contributed by atoms with Crippen molar-refractivity contribution < 1.29 is 0 Å². The topological polar surface area (TPSA) is 15.3 Å². The molecule has 1 aromatic carbocycles. The molecule has 106 valence electrons. The van der Waals surface area contributed by atoms with Gasteiger partial charge >= 0.3 is 0 Å². The minimum Gasteiger partial charge on any atom is -0.310 e. The summed E-state index contributed by atoms with van der Waals surface area (Å²) in [7, 11) is 0. The summed E-state index contributed by atoms with van der Waals surface area (Å²) in [5.74, 6) is 0. The van der Waals surface area contributed by atoms with Gasteiger partial charge in [-0.05, 0) is 56.4 Å². The molecule has 1 atom stereocenters. The molecule has 2 heteroatoms. The first-order chi connectivity index (χ1) is 9.33. The third-order valence-corrected chi connectivity index (χ3v) is 4.35. The monoisotopic (exact) mass is 260 g/mol. The minimum absolute atomic E-state index is 0.696. The summed E-state index contributed by atoms with van der Waals surface area (Å²) in [6.07, 6.45) is 5.08. The molecule has 0 amide bonds. The molecule has 2 rings (SSSR count). The van der Waals surface area contributed by atoms with Gasteiger partial charge in [0.25, 0.3) is 0 Å². The Hall–Kier alpha value is -0.860. The molecule has 1 unspecified atom stereocenters. The Balaban J connectivity index is 1.84. The molecule has 0 radical (unpaired) electrons. The van der Waals surface area contributed by atoms with Crippen LogP contribution in [0.3, 0.4) is 0 Å². The number of hydrogen-bond acceptors (Lipinski definition) is 2. The molecule has 19 heavy (non-hydrogen) atoms. The van der Waals surface area contributed by atoms with Gasteiger partial charge in [-0.3, -0.25) is 0 Å². The summed E-state index contributed by atoms with van der Waals surface area (Å²) in [6.45, 7) is 9.27. The Kier molecular flexibility index (Phi) is 5.87. The maximum absolute atomic E-state index is 3.77. The van der Waals surface area contributed by atoms with Crippen molar-refractivity contribution in [2.75, 3.05) is 19.6 Å². The van der Waals surface area contributed by atoms with Crippen molar-refractivity contribution in [3.63, 3.8) is 0 Å². The van der Waals surface area contributed by atoms with E-state index in [0.717, 1.165) is 13.0 Å². The van der Waals surface area contributed by atoms with Crippen molar-refractivity contribution in [1.29, 1.82) is 0 Å². The van der Waals surface area contributed by atoms with Crippen LogP contribution in [0.5, 0.6) is 0 Å². The summed E-state index contributed by atoms with van der Waals surface area (Å²) in [5.41, 5.74) is 2.96. The fourth-order valence-electron chi connectivity index (χ4n) is 3.01. The molecule has 0 spiro atoms. The maximum atomic E-state index is 3.77. The number of likely N-dealkylation sites (tertiary alicyclic amines) is 1. The highest BCUT2D eigenvalue weighted by molar-refractivity contribution is 5.26. The van der Waals surface area contributed by atoms with Crippen LogP contribution in [0.1, 0.15) is 44.2 Å².